The number of carbonyl (C=O) groups is 2. The minimum absolute atomic E-state index is 0.0710. The SMILES string of the molecule is O=C1CSc2cc(Cl)c(C(=O)O)cc2S(=O)(=O)N1. The van der Waals surface area contributed by atoms with Crippen LogP contribution < -0.4 is 4.72 Å². The number of thioether (sulfide) groups is 1. The molecule has 2 rings (SSSR count). The molecule has 0 saturated carbocycles. The zero-order chi connectivity index (χ0) is 13.5. The first-order valence-corrected chi connectivity index (χ1v) is 7.41. The number of sulfonamides is 1. The summed E-state index contributed by atoms with van der Waals surface area (Å²) >= 11 is 6.73. The molecule has 0 aromatic heterocycles. The lowest BCUT2D eigenvalue weighted by atomic mass is 10.2. The zero-order valence-electron chi connectivity index (χ0n) is 8.64. The Labute approximate surface area is 111 Å². The molecule has 1 aromatic rings. The first-order valence-electron chi connectivity index (χ1n) is 4.56. The van der Waals surface area contributed by atoms with Crippen molar-refractivity contribution in [1.82, 2.24) is 4.72 Å². The first kappa shape index (κ1) is 13.2. The van der Waals surface area contributed by atoms with Gasteiger partial charge >= 0.3 is 5.97 Å². The molecule has 0 bridgehead atoms. The standard InChI is InChI=1S/C9H6ClNO5S2/c10-5-2-6-7(1-4(5)9(13)14)18(15,16)11-8(12)3-17-6/h1-2H,3H2,(H,11,12)(H,13,14). The number of amides is 1. The third-order valence-corrected chi connectivity index (χ3v) is 5.07. The fourth-order valence-corrected chi connectivity index (χ4v) is 4.15. The van der Waals surface area contributed by atoms with Gasteiger partial charge in [0.2, 0.25) is 5.91 Å². The summed E-state index contributed by atoms with van der Waals surface area (Å²) in [5.74, 6) is -2.07. The number of hydrogen-bond acceptors (Lipinski definition) is 5. The van der Waals surface area contributed by atoms with Gasteiger partial charge in [0.1, 0.15) is 4.90 Å². The topological polar surface area (TPSA) is 101 Å². The van der Waals surface area contributed by atoms with Crippen molar-refractivity contribution >= 4 is 45.3 Å². The lowest BCUT2D eigenvalue weighted by Gasteiger charge is -2.08. The number of hydrogen-bond donors (Lipinski definition) is 2. The van der Waals surface area contributed by atoms with E-state index in [-0.39, 0.29) is 26.1 Å². The number of rotatable bonds is 1. The van der Waals surface area contributed by atoms with Gasteiger partial charge in [-0.25, -0.2) is 17.9 Å². The largest absolute Gasteiger partial charge is 0.478 e. The van der Waals surface area contributed by atoms with E-state index < -0.39 is 21.9 Å². The lowest BCUT2D eigenvalue weighted by Crippen LogP contribution is -2.30. The molecule has 1 amide bonds. The zero-order valence-corrected chi connectivity index (χ0v) is 11.0. The van der Waals surface area contributed by atoms with E-state index in [2.05, 4.69) is 0 Å². The molecule has 96 valence electrons. The van der Waals surface area contributed by atoms with Crippen LogP contribution in [0.4, 0.5) is 0 Å². The molecular weight excluding hydrogens is 302 g/mol. The third-order valence-electron chi connectivity index (χ3n) is 2.16. The van der Waals surface area contributed by atoms with Gasteiger partial charge in [-0.15, -0.1) is 11.8 Å². The Hall–Kier alpha value is -1.25. The van der Waals surface area contributed by atoms with Crippen molar-refractivity contribution in [1.29, 1.82) is 0 Å². The third kappa shape index (κ3) is 2.31. The molecule has 18 heavy (non-hydrogen) atoms. The summed E-state index contributed by atoms with van der Waals surface area (Å²) in [6, 6.07) is 2.19. The fourth-order valence-electron chi connectivity index (χ4n) is 1.40. The summed E-state index contributed by atoms with van der Waals surface area (Å²) in [7, 11) is -4.04. The van der Waals surface area contributed by atoms with Crippen LogP contribution in [0, 0.1) is 0 Å². The van der Waals surface area contributed by atoms with Crippen molar-refractivity contribution in [3.05, 3.63) is 22.7 Å². The summed E-state index contributed by atoms with van der Waals surface area (Å²) in [5, 5.41) is 8.82. The van der Waals surface area contributed by atoms with Crippen molar-refractivity contribution < 1.29 is 23.1 Å². The molecule has 1 aliphatic rings. The van der Waals surface area contributed by atoms with Crippen LogP contribution in [0.1, 0.15) is 10.4 Å². The van der Waals surface area contributed by atoms with E-state index in [4.69, 9.17) is 16.7 Å². The number of fused-ring (bicyclic) bond motifs is 1. The summed E-state index contributed by atoms with van der Waals surface area (Å²) in [4.78, 5) is 22.1. The van der Waals surface area contributed by atoms with Crippen LogP contribution >= 0.6 is 23.4 Å². The minimum atomic E-state index is -4.04. The van der Waals surface area contributed by atoms with E-state index in [1.807, 2.05) is 4.72 Å². The second kappa shape index (κ2) is 4.45. The Bertz CT molecular complexity index is 655. The van der Waals surface area contributed by atoms with Crippen molar-refractivity contribution in [2.24, 2.45) is 0 Å². The number of carbonyl (C=O) groups excluding carboxylic acids is 1. The average molecular weight is 308 g/mol. The van der Waals surface area contributed by atoms with Crippen molar-refractivity contribution in [2.45, 2.75) is 9.79 Å². The Morgan fingerprint density at radius 3 is 2.72 bits per heavy atom. The molecule has 2 N–H and O–H groups in total. The molecule has 1 aromatic carbocycles. The number of aromatic carboxylic acids is 1. The van der Waals surface area contributed by atoms with Crippen LogP contribution in [0.3, 0.4) is 0 Å². The van der Waals surface area contributed by atoms with E-state index in [9.17, 15) is 18.0 Å². The molecule has 1 aliphatic heterocycles. The predicted molar refractivity (Wildman–Crippen MR) is 64.5 cm³/mol. The molecule has 0 atom stereocenters. The first-order chi connectivity index (χ1) is 8.31. The summed E-state index contributed by atoms with van der Waals surface area (Å²) < 4.78 is 25.5. The maximum atomic E-state index is 11.8. The summed E-state index contributed by atoms with van der Waals surface area (Å²) in [6.45, 7) is 0. The molecule has 1 heterocycles. The smallest absolute Gasteiger partial charge is 0.337 e. The van der Waals surface area contributed by atoms with Crippen molar-refractivity contribution in [3.8, 4) is 0 Å². The molecular formula is C9H6ClNO5S2. The average Bonchev–Trinajstić information content (AvgIpc) is 2.34. The van der Waals surface area contributed by atoms with Crippen LogP contribution in [0.5, 0.6) is 0 Å². The predicted octanol–water partition coefficient (Wildman–Crippen LogP) is 0.949. The monoisotopic (exact) mass is 307 g/mol. The van der Waals surface area contributed by atoms with Crippen molar-refractivity contribution in [2.75, 3.05) is 5.75 Å². The second-order valence-corrected chi connectivity index (χ2v) is 6.48. The highest BCUT2D eigenvalue weighted by molar-refractivity contribution is 8.01. The summed E-state index contributed by atoms with van der Waals surface area (Å²) in [5.41, 5.74) is -0.323. The highest BCUT2D eigenvalue weighted by atomic mass is 35.5. The molecule has 0 aliphatic carbocycles. The van der Waals surface area contributed by atoms with Gasteiger partial charge < -0.3 is 5.11 Å². The number of halogens is 1. The van der Waals surface area contributed by atoms with Gasteiger partial charge in [-0.3, -0.25) is 4.79 Å². The second-order valence-electron chi connectivity index (χ2n) is 3.40. The Kier molecular flexibility index (Phi) is 3.26. The van der Waals surface area contributed by atoms with Crippen LogP contribution in [0.15, 0.2) is 21.9 Å². The number of carboxylic acids is 1. The lowest BCUT2D eigenvalue weighted by molar-refractivity contribution is -0.116. The molecule has 9 heteroatoms. The Morgan fingerprint density at radius 1 is 1.44 bits per heavy atom. The molecule has 0 fully saturated rings. The van der Waals surface area contributed by atoms with Gasteiger partial charge in [0, 0.05) is 4.90 Å². The molecule has 6 nitrogen and oxygen atoms in total. The van der Waals surface area contributed by atoms with Gasteiger partial charge in [-0.05, 0) is 12.1 Å². The van der Waals surface area contributed by atoms with Gasteiger partial charge in [0.15, 0.2) is 0 Å². The Morgan fingerprint density at radius 2 is 2.11 bits per heavy atom. The molecule has 0 unspecified atom stereocenters. The van der Waals surface area contributed by atoms with E-state index in [0.29, 0.717) is 0 Å². The quantitative estimate of drug-likeness (QED) is 0.801. The maximum Gasteiger partial charge on any atom is 0.337 e. The van der Waals surface area contributed by atoms with Crippen molar-refractivity contribution in [3.63, 3.8) is 0 Å². The number of nitrogens with one attached hydrogen (secondary N) is 1. The Balaban J connectivity index is 2.71. The normalized spacial score (nSPS) is 17.5. The number of carboxylic acid groups (broad SMARTS) is 1. The van der Waals surface area contributed by atoms with E-state index in [1.54, 1.807) is 0 Å². The van der Waals surface area contributed by atoms with Crippen LogP contribution in [0.25, 0.3) is 0 Å². The van der Waals surface area contributed by atoms with Gasteiger partial charge in [-0.2, -0.15) is 0 Å². The van der Waals surface area contributed by atoms with E-state index in [1.165, 1.54) is 6.07 Å². The maximum absolute atomic E-state index is 11.8. The molecule has 0 spiro atoms. The highest BCUT2D eigenvalue weighted by Gasteiger charge is 2.28. The highest BCUT2D eigenvalue weighted by Crippen LogP contribution is 2.33. The number of benzene rings is 1. The minimum Gasteiger partial charge on any atom is -0.478 e. The van der Waals surface area contributed by atoms with Crippen LogP contribution in [-0.4, -0.2) is 31.2 Å². The van der Waals surface area contributed by atoms with E-state index in [0.717, 1.165) is 17.8 Å². The molecule has 0 radical (unpaired) electrons. The summed E-state index contributed by atoms with van der Waals surface area (Å²) in [6.07, 6.45) is 0. The molecule has 0 saturated heterocycles. The van der Waals surface area contributed by atoms with Gasteiger partial charge in [0.25, 0.3) is 10.0 Å². The van der Waals surface area contributed by atoms with Crippen LogP contribution in [-0.2, 0) is 14.8 Å². The van der Waals surface area contributed by atoms with Gasteiger partial charge in [0.05, 0.1) is 16.3 Å². The van der Waals surface area contributed by atoms with Crippen LogP contribution in [0.2, 0.25) is 5.02 Å². The fraction of sp³-hybridized carbons (Fsp3) is 0.111. The van der Waals surface area contributed by atoms with Gasteiger partial charge in [-0.1, -0.05) is 11.6 Å². The van der Waals surface area contributed by atoms with E-state index >= 15 is 0 Å².